The van der Waals surface area contributed by atoms with Crippen molar-refractivity contribution in [1.29, 1.82) is 0 Å². The number of carbonyl (C=O) groups excluding carboxylic acids is 5. The number of H-pyrrole nitrogens is 2. The van der Waals surface area contributed by atoms with Crippen LogP contribution in [0.5, 0.6) is 0 Å². The van der Waals surface area contributed by atoms with Crippen molar-refractivity contribution in [2.45, 2.75) is 77.5 Å². The van der Waals surface area contributed by atoms with Crippen LogP contribution < -0.4 is 32.3 Å². The van der Waals surface area contributed by atoms with Crippen LogP contribution >= 0.6 is 0 Å². The Bertz CT molecular complexity index is 2050. The summed E-state index contributed by atoms with van der Waals surface area (Å²) in [6.07, 6.45) is 7.01. The van der Waals surface area contributed by atoms with Gasteiger partial charge in [-0.3, -0.25) is 28.8 Å². The van der Waals surface area contributed by atoms with Crippen LogP contribution in [0, 0.1) is 11.8 Å². The van der Waals surface area contributed by atoms with Gasteiger partial charge < -0.3 is 57.6 Å². The number of aromatic nitrogens is 4. The van der Waals surface area contributed by atoms with E-state index in [4.69, 9.17) is 15.9 Å². The molecule has 0 spiro atoms. The molecule has 0 unspecified atom stereocenters. The molecule has 0 bridgehead atoms. The molecule has 63 heavy (non-hydrogen) atoms. The number of nitrogens with two attached hydrogens (primary N) is 1. The lowest BCUT2D eigenvalue weighted by Gasteiger charge is -2.22. The van der Waals surface area contributed by atoms with Gasteiger partial charge in [0, 0.05) is 47.8 Å². The Kier molecular flexibility index (Phi) is 22.5. The summed E-state index contributed by atoms with van der Waals surface area (Å²) in [5.74, 6) is -5.51. The summed E-state index contributed by atoms with van der Waals surface area (Å²) in [5.41, 5.74) is 7.92. The zero-order valence-corrected chi connectivity index (χ0v) is 35.4. The smallest absolute Gasteiger partial charge is 0.326 e. The molecule has 2 aromatic heterocycles. The molecule has 5 amide bonds. The average Bonchev–Trinajstić information content (AvgIpc) is 3.97. The maximum absolute atomic E-state index is 12.8. The second-order valence-electron chi connectivity index (χ2n) is 14.8. The Morgan fingerprint density at radius 1 is 0.587 bits per heavy atom. The van der Waals surface area contributed by atoms with E-state index in [9.17, 15) is 43.5 Å². The number of carboxylic acid groups (broad SMARTS) is 3. The van der Waals surface area contributed by atoms with Gasteiger partial charge >= 0.3 is 17.9 Å². The molecule has 0 aliphatic carbocycles. The number of nitrogens with zero attached hydrogens (tertiary/aromatic N) is 2. The van der Waals surface area contributed by atoms with Crippen molar-refractivity contribution in [3.05, 3.63) is 108 Å². The largest absolute Gasteiger partial charge is 0.480 e. The number of aliphatic carboxylic acids is 3. The van der Waals surface area contributed by atoms with Crippen LogP contribution in [0.1, 0.15) is 72.6 Å². The highest BCUT2D eigenvalue weighted by Gasteiger charge is 2.28. The average molecular weight is 877 g/mol. The number of amides is 5. The molecule has 0 fully saturated rings. The Labute approximate surface area is 363 Å². The van der Waals surface area contributed by atoms with Gasteiger partial charge in [-0.05, 0) is 48.9 Å². The first-order chi connectivity index (χ1) is 29.9. The third-order valence-corrected chi connectivity index (χ3v) is 8.49. The highest BCUT2D eigenvalue weighted by molar-refractivity contribution is 5.97. The first kappa shape index (κ1) is 51.7. The van der Waals surface area contributed by atoms with Gasteiger partial charge in [-0.2, -0.15) is 0 Å². The number of rotatable bonds is 21. The highest BCUT2D eigenvalue weighted by atomic mass is 16.4. The topological polar surface area (TPSA) is 341 Å². The van der Waals surface area contributed by atoms with Crippen molar-refractivity contribution in [1.82, 2.24) is 46.5 Å². The number of aromatic amines is 2. The molecule has 0 saturated carbocycles. The summed E-state index contributed by atoms with van der Waals surface area (Å²) in [6.45, 7) is 6.80. The summed E-state index contributed by atoms with van der Waals surface area (Å²) >= 11 is 0. The third-order valence-electron chi connectivity index (χ3n) is 8.49. The van der Waals surface area contributed by atoms with Crippen molar-refractivity contribution < 1.29 is 53.7 Å². The van der Waals surface area contributed by atoms with Gasteiger partial charge in [0.25, 0.3) is 11.8 Å². The van der Waals surface area contributed by atoms with Gasteiger partial charge in [-0.25, -0.2) is 19.6 Å². The fraction of sp³-hybridized carbons (Fsp3) is 0.381. The molecule has 0 saturated heterocycles. The Morgan fingerprint density at radius 3 is 1.41 bits per heavy atom. The van der Waals surface area contributed by atoms with Gasteiger partial charge in [0.05, 0.1) is 25.2 Å². The van der Waals surface area contributed by atoms with Crippen molar-refractivity contribution >= 4 is 47.4 Å². The van der Waals surface area contributed by atoms with Gasteiger partial charge in [0.15, 0.2) is 0 Å². The third kappa shape index (κ3) is 21.1. The SMILES string of the molecule is CC(C)C[C@H](NC(=O)[C@@H](N)Cc1cnc[nH]1)C(=O)O.CC(C)C[C@H](NC(=O)[C@H](Cc1cnc[nH]1)NC(=O)CNC(=O)c1ccccc1)C(=O)O.O=C(O)CNC(=O)c1ccccc1. The van der Waals surface area contributed by atoms with Crippen molar-refractivity contribution in [2.75, 3.05) is 13.1 Å². The van der Waals surface area contributed by atoms with Crippen molar-refractivity contribution in [3.63, 3.8) is 0 Å². The Hall–Kier alpha value is -7.42. The normalized spacial score (nSPS) is 12.4. The van der Waals surface area contributed by atoms with Crippen LogP contribution in [0.2, 0.25) is 0 Å². The fourth-order valence-electron chi connectivity index (χ4n) is 5.43. The lowest BCUT2D eigenvalue weighted by atomic mass is 10.0. The maximum atomic E-state index is 12.8. The second kappa shape index (κ2) is 27.4. The second-order valence-corrected chi connectivity index (χ2v) is 14.8. The van der Waals surface area contributed by atoms with E-state index < -0.39 is 65.7 Å². The van der Waals surface area contributed by atoms with Crippen LogP contribution in [0.3, 0.4) is 0 Å². The number of carboxylic acids is 3. The van der Waals surface area contributed by atoms with E-state index in [0.717, 1.165) is 5.69 Å². The van der Waals surface area contributed by atoms with Crippen LogP contribution in [-0.4, -0.2) is 120 Å². The number of nitrogens with one attached hydrogen (secondary N) is 7. The van der Waals surface area contributed by atoms with Crippen molar-refractivity contribution in [3.8, 4) is 0 Å². The number of carbonyl (C=O) groups is 8. The molecule has 4 aromatic rings. The summed E-state index contributed by atoms with van der Waals surface area (Å²) in [4.78, 5) is 106. The molecule has 21 nitrogen and oxygen atoms in total. The maximum Gasteiger partial charge on any atom is 0.326 e. The minimum Gasteiger partial charge on any atom is -0.480 e. The van der Waals surface area contributed by atoms with E-state index in [1.54, 1.807) is 66.9 Å². The quantitative estimate of drug-likeness (QED) is 0.0554. The van der Waals surface area contributed by atoms with Gasteiger partial charge in [-0.15, -0.1) is 0 Å². The molecular formula is C42H56N10O11. The molecule has 2 aromatic carbocycles. The van der Waals surface area contributed by atoms with Gasteiger partial charge in [-0.1, -0.05) is 64.1 Å². The summed E-state index contributed by atoms with van der Waals surface area (Å²) in [5, 5.41) is 39.0. The molecular weight excluding hydrogens is 821 g/mol. The Morgan fingerprint density at radius 2 is 1.02 bits per heavy atom. The molecule has 4 rings (SSSR count). The minimum absolute atomic E-state index is 0.0512. The summed E-state index contributed by atoms with van der Waals surface area (Å²) < 4.78 is 0. The van der Waals surface area contributed by atoms with E-state index in [0.29, 0.717) is 29.7 Å². The van der Waals surface area contributed by atoms with Crippen LogP contribution in [0.4, 0.5) is 0 Å². The van der Waals surface area contributed by atoms with E-state index in [1.807, 2.05) is 27.7 Å². The first-order valence-electron chi connectivity index (χ1n) is 19.8. The zero-order valence-electron chi connectivity index (χ0n) is 35.4. The van der Waals surface area contributed by atoms with Gasteiger partial charge in [0.1, 0.15) is 24.7 Å². The lowest BCUT2D eigenvalue weighted by molar-refractivity contribution is -0.143. The highest BCUT2D eigenvalue weighted by Crippen LogP contribution is 2.08. The number of hydrogen-bond acceptors (Lipinski definition) is 11. The van der Waals surface area contributed by atoms with E-state index in [2.05, 4.69) is 46.5 Å². The van der Waals surface area contributed by atoms with Crippen LogP contribution in [0.15, 0.2) is 85.7 Å². The van der Waals surface area contributed by atoms with Crippen LogP contribution in [-0.2, 0) is 41.6 Å². The van der Waals surface area contributed by atoms with E-state index >= 15 is 0 Å². The van der Waals surface area contributed by atoms with E-state index in [1.165, 1.54) is 18.9 Å². The van der Waals surface area contributed by atoms with Crippen molar-refractivity contribution in [2.24, 2.45) is 17.6 Å². The predicted octanol–water partition coefficient (Wildman–Crippen LogP) is 0.879. The summed E-state index contributed by atoms with van der Waals surface area (Å²) in [7, 11) is 0. The fourth-order valence-corrected chi connectivity index (χ4v) is 5.43. The molecule has 21 heteroatoms. The van der Waals surface area contributed by atoms with Gasteiger partial charge in [0.2, 0.25) is 17.7 Å². The molecule has 4 atom stereocenters. The Balaban J connectivity index is 0.000000361. The summed E-state index contributed by atoms with van der Waals surface area (Å²) in [6, 6.07) is 13.0. The molecule has 340 valence electrons. The lowest BCUT2D eigenvalue weighted by Crippen LogP contribution is -2.54. The first-order valence-corrected chi connectivity index (χ1v) is 19.8. The number of benzene rings is 2. The monoisotopic (exact) mass is 876 g/mol. The number of hydrogen-bond donors (Lipinski definition) is 11. The van der Waals surface area contributed by atoms with Crippen LogP contribution in [0.25, 0.3) is 0 Å². The number of imidazole rings is 2. The minimum atomic E-state index is -1.15. The molecule has 0 aliphatic heterocycles. The molecule has 0 radical (unpaired) electrons. The predicted molar refractivity (Wildman–Crippen MR) is 228 cm³/mol. The van der Waals surface area contributed by atoms with E-state index in [-0.39, 0.29) is 43.7 Å². The molecule has 12 N–H and O–H groups in total. The standard InChI is InChI=1S/C21H27N5O5.C12H20N4O3.C9H9NO3/c1-13(2)8-17(21(30)31)26-20(29)16(9-15-10-22-12-24-15)25-18(27)11-23-19(28)14-6-4-3-5-7-14;1-7(2)3-10(12(18)19)16-11(17)9(13)4-8-5-14-6-15-8;11-8(12)6-10-9(13)7-4-2-1-3-5-7/h3-7,10,12-13,16-17H,8-9,11H2,1-2H3,(H,22,24)(H,23,28)(H,25,27)(H,26,29)(H,30,31);5-7,9-10H,3-4,13H2,1-2H3,(H,14,15)(H,16,17)(H,18,19);1-5H,6H2,(H,10,13)(H,11,12)/t16-,17-;9-,10-;/m00./s1. The molecule has 2 heterocycles. The molecule has 0 aliphatic rings. The zero-order chi connectivity index (χ0) is 46.9.